The molecule has 2 nitrogen and oxygen atoms in total. The van der Waals surface area contributed by atoms with Gasteiger partial charge in [-0.1, -0.05) is 12.5 Å². The molecule has 1 saturated carbocycles. The van der Waals surface area contributed by atoms with Crippen molar-refractivity contribution in [3.8, 4) is 0 Å². The third-order valence-electron chi connectivity index (χ3n) is 4.35. The van der Waals surface area contributed by atoms with E-state index in [2.05, 4.69) is 24.2 Å². The first-order chi connectivity index (χ1) is 9.24. The van der Waals surface area contributed by atoms with E-state index in [0.717, 1.165) is 24.7 Å². The Balaban J connectivity index is 1.92. The van der Waals surface area contributed by atoms with Crippen molar-refractivity contribution in [3.05, 3.63) is 30.1 Å². The van der Waals surface area contributed by atoms with Crippen LogP contribution in [0.2, 0.25) is 0 Å². The second-order valence-corrected chi connectivity index (χ2v) is 5.43. The van der Waals surface area contributed by atoms with Gasteiger partial charge in [-0.2, -0.15) is 0 Å². The molecule has 0 bridgehead atoms. The average Bonchev–Trinajstić information content (AvgIpc) is 2.87. The Labute approximate surface area is 116 Å². The van der Waals surface area contributed by atoms with Crippen LogP contribution in [0.15, 0.2) is 24.3 Å². The lowest BCUT2D eigenvalue weighted by Crippen LogP contribution is -2.32. The SMILES string of the molecule is CCN(CCC1CCCC1NC)c1cccc(F)c1. The Hall–Kier alpha value is -1.09. The molecule has 1 aromatic rings. The standard InChI is InChI=1S/C16H25FN2/c1-3-19(15-8-5-7-14(17)12-15)11-10-13-6-4-9-16(13)18-2/h5,7-8,12-13,16,18H,3-4,6,9-11H2,1-2H3. The molecule has 1 N–H and O–H groups in total. The molecule has 2 atom stereocenters. The molecule has 1 aromatic carbocycles. The van der Waals surface area contributed by atoms with Gasteiger partial charge in [-0.3, -0.25) is 0 Å². The van der Waals surface area contributed by atoms with E-state index in [1.165, 1.54) is 31.7 Å². The first-order valence-electron chi connectivity index (χ1n) is 7.42. The Morgan fingerprint density at radius 1 is 1.37 bits per heavy atom. The second-order valence-electron chi connectivity index (χ2n) is 5.43. The first kappa shape index (κ1) is 14.3. The zero-order chi connectivity index (χ0) is 13.7. The molecule has 0 aliphatic heterocycles. The van der Waals surface area contributed by atoms with Crippen molar-refractivity contribution >= 4 is 5.69 Å². The summed E-state index contributed by atoms with van der Waals surface area (Å²) in [5.41, 5.74) is 1.00. The molecule has 2 rings (SSSR count). The molecule has 0 heterocycles. The second kappa shape index (κ2) is 6.90. The van der Waals surface area contributed by atoms with Gasteiger partial charge >= 0.3 is 0 Å². The highest BCUT2D eigenvalue weighted by Gasteiger charge is 2.25. The Morgan fingerprint density at radius 2 is 2.21 bits per heavy atom. The van der Waals surface area contributed by atoms with Crippen LogP contribution < -0.4 is 10.2 Å². The fourth-order valence-electron chi connectivity index (χ4n) is 3.23. The molecule has 1 aliphatic rings. The van der Waals surface area contributed by atoms with E-state index in [1.54, 1.807) is 12.1 Å². The highest BCUT2D eigenvalue weighted by atomic mass is 19.1. The van der Waals surface area contributed by atoms with Gasteiger partial charge in [0.05, 0.1) is 0 Å². The molecule has 19 heavy (non-hydrogen) atoms. The van der Waals surface area contributed by atoms with Crippen LogP contribution in [0.3, 0.4) is 0 Å². The minimum Gasteiger partial charge on any atom is -0.372 e. The van der Waals surface area contributed by atoms with E-state index in [1.807, 2.05) is 6.07 Å². The maximum Gasteiger partial charge on any atom is 0.125 e. The number of hydrogen-bond acceptors (Lipinski definition) is 2. The van der Waals surface area contributed by atoms with Crippen LogP contribution in [-0.4, -0.2) is 26.2 Å². The van der Waals surface area contributed by atoms with Crippen LogP contribution in [0.4, 0.5) is 10.1 Å². The smallest absolute Gasteiger partial charge is 0.125 e. The summed E-state index contributed by atoms with van der Waals surface area (Å²) in [5, 5.41) is 3.43. The van der Waals surface area contributed by atoms with E-state index in [4.69, 9.17) is 0 Å². The quantitative estimate of drug-likeness (QED) is 0.847. The first-order valence-corrected chi connectivity index (χ1v) is 7.42. The summed E-state index contributed by atoms with van der Waals surface area (Å²) in [6.07, 6.45) is 5.15. The summed E-state index contributed by atoms with van der Waals surface area (Å²) in [6, 6.07) is 7.60. The normalized spacial score (nSPS) is 22.7. The van der Waals surface area contributed by atoms with E-state index >= 15 is 0 Å². The van der Waals surface area contributed by atoms with Crippen LogP contribution in [0.5, 0.6) is 0 Å². The van der Waals surface area contributed by atoms with E-state index in [-0.39, 0.29) is 5.82 Å². The Bertz CT molecular complexity index is 394. The summed E-state index contributed by atoms with van der Waals surface area (Å²) in [5.74, 6) is 0.623. The topological polar surface area (TPSA) is 15.3 Å². The number of anilines is 1. The summed E-state index contributed by atoms with van der Waals surface area (Å²) >= 11 is 0. The molecular weight excluding hydrogens is 239 g/mol. The van der Waals surface area contributed by atoms with Crippen molar-refractivity contribution in [3.63, 3.8) is 0 Å². The number of benzene rings is 1. The molecule has 0 saturated heterocycles. The number of rotatable bonds is 6. The zero-order valence-corrected chi connectivity index (χ0v) is 12.0. The molecular formula is C16H25FN2. The van der Waals surface area contributed by atoms with Crippen molar-refractivity contribution in [1.29, 1.82) is 0 Å². The van der Waals surface area contributed by atoms with Gasteiger partial charge in [-0.25, -0.2) is 4.39 Å². The lowest BCUT2D eigenvalue weighted by molar-refractivity contribution is 0.401. The summed E-state index contributed by atoms with van der Waals surface area (Å²) < 4.78 is 13.3. The van der Waals surface area contributed by atoms with Crippen molar-refractivity contribution in [2.75, 3.05) is 25.0 Å². The van der Waals surface area contributed by atoms with Gasteiger partial charge in [0.1, 0.15) is 5.82 Å². The lowest BCUT2D eigenvalue weighted by atomic mass is 9.99. The van der Waals surface area contributed by atoms with Crippen molar-refractivity contribution in [2.24, 2.45) is 5.92 Å². The fraction of sp³-hybridized carbons (Fsp3) is 0.625. The third-order valence-corrected chi connectivity index (χ3v) is 4.35. The number of halogens is 1. The summed E-state index contributed by atoms with van der Waals surface area (Å²) in [6.45, 7) is 4.08. The van der Waals surface area contributed by atoms with Gasteiger partial charge < -0.3 is 10.2 Å². The van der Waals surface area contributed by atoms with Crippen LogP contribution in [0, 0.1) is 11.7 Å². The third kappa shape index (κ3) is 3.69. The molecule has 0 radical (unpaired) electrons. The van der Waals surface area contributed by atoms with E-state index in [0.29, 0.717) is 6.04 Å². The van der Waals surface area contributed by atoms with Crippen LogP contribution in [-0.2, 0) is 0 Å². The highest BCUT2D eigenvalue weighted by Crippen LogP contribution is 2.29. The Morgan fingerprint density at radius 3 is 2.89 bits per heavy atom. The number of nitrogens with zero attached hydrogens (tertiary/aromatic N) is 1. The van der Waals surface area contributed by atoms with Gasteiger partial charge in [0.25, 0.3) is 0 Å². The number of hydrogen-bond donors (Lipinski definition) is 1. The summed E-state index contributed by atoms with van der Waals surface area (Å²) in [4.78, 5) is 2.27. The molecule has 0 amide bonds. The largest absolute Gasteiger partial charge is 0.372 e. The van der Waals surface area contributed by atoms with Gasteiger partial charge in [-0.15, -0.1) is 0 Å². The van der Waals surface area contributed by atoms with Gasteiger partial charge in [0, 0.05) is 24.8 Å². The predicted octanol–water partition coefficient (Wildman–Crippen LogP) is 3.43. The van der Waals surface area contributed by atoms with Gasteiger partial charge in [0.2, 0.25) is 0 Å². The predicted molar refractivity (Wildman–Crippen MR) is 79.1 cm³/mol. The summed E-state index contributed by atoms with van der Waals surface area (Å²) in [7, 11) is 2.06. The van der Waals surface area contributed by atoms with Crippen molar-refractivity contribution in [2.45, 2.75) is 38.6 Å². The maximum absolute atomic E-state index is 13.3. The minimum atomic E-state index is -0.148. The number of nitrogens with one attached hydrogen (secondary N) is 1. The molecule has 2 unspecified atom stereocenters. The molecule has 106 valence electrons. The lowest BCUT2D eigenvalue weighted by Gasteiger charge is -2.26. The van der Waals surface area contributed by atoms with Gasteiger partial charge in [0.15, 0.2) is 0 Å². The van der Waals surface area contributed by atoms with Gasteiger partial charge in [-0.05, 0) is 57.4 Å². The van der Waals surface area contributed by atoms with Crippen LogP contribution in [0.1, 0.15) is 32.6 Å². The van der Waals surface area contributed by atoms with Crippen LogP contribution in [0.25, 0.3) is 0 Å². The van der Waals surface area contributed by atoms with Crippen LogP contribution >= 0.6 is 0 Å². The van der Waals surface area contributed by atoms with E-state index < -0.39 is 0 Å². The van der Waals surface area contributed by atoms with Crippen molar-refractivity contribution < 1.29 is 4.39 Å². The van der Waals surface area contributed by atoms with Crippen molar-refractivity contribution in [1.82, 2.24) is 5.32 Å². The van der Waals surface area contributed by atoms with E-state index in [9.17, 15) is 4.39 Å². The molecule has 3 heteroatoms. The Kier molecular flexibility index (Phi) is 5.20. The molecule has 1 aliphatic carbocycles. The highest BCUT2D eigenvalue weighted by molar-refractivity contribution is 5.46. The minimum absolute atomic E-state index is 0.148. The molecule has 1 fully saturated rings. The monoisotopic (exact) mass is 264 g/mol. The fourth-order valence-corrected chi connectivity index (χ4v) is 3.23. The molecule has 0 aromatic heterocycles. The molecule has 0 spiro atoms. The maximum atomic E-state index is 13.3. The zero-order valence-electron chi connectivity index (χ0n) is 12.0. The average molecular weight is 264 g/mol.